The fourth-order valence-electron chi connectivity index (χ4n) is 2.67. The average Bonchev–Trinajstić information content (AvgIpc) is 3.29. The Hall–Kier alpha value is -3.76. The normalized spacial score (nSPS) is 10.4. The molecule has 0 radical (unpaired) electrons. The van der Waals surface area contributed by atoms with Crippen molar-refractivity contribution >= 4 is 47.2 Å². The van der Waals surface area contributed by atoms with Gasteiger partial charge in [-0.25, -0.2) is 9.37 Å². The van der Waals surface area contributed by atoms with Crippen LogP contribution in [-0.2, 0) is 4.79 Å². The van der Waals surface area contributed by atoms with Crippen molar-refractivity contribution in [2.45, 2.75) is 5.03 Å². The van der Waals surface area contributed by atoms with E-state index in [1.807, 2.05) is 17.5 Å². The van der Waals surface area contributed by atoms with Crippen LogP contribution in [0.25, 0.3) is 10.6 Å². The SMILES string of the molecule is C=C(F)C(=O)Nc1cccc(Oc2cc(-c3cccs3)nc(Nc3ccnc(S)c3)n2)c1. The van der Waals surface area contributed by atoms with Crippen molar-refractivity contribution in [1.29, 1.82) is 0 Å². The summed E-state index contributed by atoms with van der Waals surface area (Å²) in [5.74, 6) is -0.997. The summed E-state index contributed by atoms with van der Waals surface area (Å²) in [6.45, 7) is 2.98. The number of amides is 1. The fraction of sp³-hybridized carbons (Fsp3) is 0. The minimum Gasteiger partial charge on any atom is -0.439 e. The predicted octanol–water partition coefficient (Wildman–Crippen LogP) is 5.85. The molecule has 2 N–H and O–H groups in total. The highest BCUT2D eigenvalue weighted by Gasteiger charge is 2.12. The summed E-state index contributed by atoms with van der Waals surface area (Å²) < 4.78 is 18.9. The summed E-state index contributed by atoms with van der Waals surface area (Å²) in [5, 5.41) is 8.03. The molecule has 0 atom stereocenters. The Bertz CT molecular complexity index is 1280. The molecule has 1 aromatic carbocycles. The molecule has 0 fully saturated rings. The van der Waals surface area contributed by atoms with Crippen LogP contribution in [0.1, 0.15) is 0 Å². The molecule has 3 heterocycles. The molecule has 0 aliphatic heterocycles. The number of nitrogens with one attached hydrogen (secondary N) is 2. The predicted molar refractivity (Wildman–Crippen MR) is 126 cm³/mol. The Balaban J connectivity index is 1.64. The van der Waals surface area contributed by atoms with Crippen molar-refractivity contribution in [3.63, 3.8) is 0 Å². The van der Waals surface area contributed by atoms with Crippen LogP contribution in [0.15, 0.2) is 83.6 Å². The minimum absolute atomic E-state index is 0.282. The number of hydrogen-bond acceptors (Lipinski definition) is 8. The molecule has 0 unspecified atom stereocenters. The highest BCUT2D eigenvalue weighted by atomic mass is 32.1. The van der Waals surface area contributed by atoms with Crippen LogP contribution in [0.3, 0.4) is 0 Å². The molecule has 4 rings (SSSR count). The summed E-state index contributed by atoms with van der Waals surface area (Å²) in [6.07, 6.45) is 1.62. The van der Waals surface area contributed by atoms with Crippen LogP contribution in [0.2, 0.25) is 0 Å². The summed E-state index contributed by atoms with van der Waals surface area (Å²) in [5.41, 5.74) is 1.75. The molecule has 0 saturated heterocycles. The third-order valence-electron chi connectivity index (χ3n) is 4.04. The number of thiophene rings is 1. The second kappa shape index (κ2) is 9.58. The van der Waals surface area contributed by atoms with Gasteiger partial charge in [-0.15, -0.1) is 24.0 Å². The highest BCUT2D eigenvalue weighted by molar-refractivity contribution is 7.80. The van der Waals surface area contributed by atoms with Crippen molar-refractivity contribution < 1.29 is 13.9 Å². The summed E-state index contributed by atoms with van der Waals surface area (Å²) in [6, 6.07) is 15.6. The van der Waals surface area contributed by atoms with Gasteiger partial charge in [0.1, 0.15) is 5.75 Å². The molecule has 0 aliphatic carbocycles. The number of hydrogen-bond donors (Lipinski definition) is 3. The highest BCUT2D eigenvalue weighted by Crippen LogP contribution is 2.30. The van der Waals surface area contributed by atoms with Crippen LogP contribution < -0.4 is 15.4 Å². The van der Waals surface area contributed by atoms with Crippen molar-refractivity contribution in [3.05, 3.63) is 78.6 Å². The van der Waals surface area contributed by atoms with Crippen LogP contribution in [0.5, 0.6) is 11.6 Å². The molecule has 0 spiro atoms. The molecule has 4 aromatic rings. The number of thiol groups is 1. The number of rotatable bonds is 7. The zero-order valence-corrected chi connectivity index (χ0v) is 18.2. The number of carbonyl (C=O) groups is 1. The second-order valence-corrected chi connectivity index (χ2v) is 7.81. The van der Waals surface area contributed by atoms with E-state index in [2.05, 4.69) is 44.8 Å². The number of ether oxygens (including phenoxy) is 1. The van der Waals surface area contributed by atoms with E-state index in [0.29, 0.717) is 28.1 Å². The lowest BCUT2D eigenvalue weighted by Crippen LogP contribution is -2.11. The molecule has 10 heteroatoms. The Morgan fingerprint density at radius 2 is 1.97 bits per heavy atom. The van der Waals surface area contributed by atoms with Gasteiger partial charge in [-0.05, 0) is 35.7 Å². The van der Waals surface area contributed by atoms with E-state index >= 15 is 0 Å². The molecule has 7 nitrogen and oxygen atoms in total. The molecular formula is C22H16FN5O2S2. The smallest absolute Gasteiger partial charge is 0.283 e. The first-order chi connectivity index (χ1) is 15.5. The quantitative estimate of drug-likeness (QED) is 0.234. The van der Waals surface area contributed by atoms with Crippen molar-refractivity contribution in [2.75, 3.05) is 10.6 Å². The van der Waals surface area contributed by atoms with E-state index in [0.717, 1.165) is 10.6 Å². The first-order valence-corrected chi connectivity index (χ1v) is 10.6. The first-order valence-electron chi connectivity index (χ1n) is 9.25. The number of benzene rings is 1. The lowest BCUT2D eigenvalue weighted by atomic mass is 10.3. The maximum absolute atomic E-state index is 13.0. The van der Waals surface area contributed by atoms with Gasteiger partial charge in [0.15, 0.2) is 5.83 Å². The summed E-state index contributed by atoms with van der Waals surface area (Å²) in [4.78, 5) is 25.5. The molecule has 160 valence electrons. The van der Waals surface area contributed by atoms with Gasteiger partial charge in [0.2, 0.25) is 11.8 Å². The van der Waals surface area contributed by atoms with Crippen LogP contribution in [0, 0.1) is 0 Å². The molecule has 0 saturated carbocycles. The molecular weight excluding hydrogens is 449 g/mol. The lowest BCUT2D eigenvalue weighted by molar-refractivity contribution is -0.114. The third kappa shape index (κ3) is 5.48. The third-order valence-corrected chi connectivity index (χ3v) is 5.18. The Kier molecular flexibility index (Phi) is 6.43. The zero-order valence-electron chi connectivity index (χ0n) is 16.4. The van der Waals surface area contributed by atoms with Gasteiger partial charge >= 0.3 is 0 Å². The van der Waals surface area contributed by atoms with E-state index in [1.54, 1.807) is 48.7 Å². The zero-order chi connectivity index (χ0) is 22.5. The topological polar surface area (TPSA) is 89.0 Å². The minimum atomic E-state index is -1.08. The fourth-order valence-corrected chi connectivity index (χ4v) is 3.56. The Morgan fingerprint density at radius 1 is 1.09 bits per heavy atom. The van der Waals surface area contributed by atoms with Crippen LogP contribution >= 0.6 is 24.0 Å². The Labute approximate surface area is 192 Å². The van der Waals surface area contributed by atoms with Crippen LogP contribution in [-0.4, -0.2) is 20.9 Å². The number of pyridine rings is 1. The van der Waals surface area contributed by atoms with Crippen LogP contribution in [0.4, 0.5) is 21.7 Å². The van der Waals surface area contributed by atoms with Gasteiger partial charge < -0.3 is 15.4 Å². The van der Waals surface area contributed by atoms with E-state index < -0.39 is 11.7 Å². The second-order valence-electron chi connectivity index (χ2n) is 6.41. The number of anilines is 3. The molecule has 32 heavy (non-hydrogen) atoms. The molecule has 0 aliphatic rings. The maximum atomic E-state index is 13.0. The summed E-state index contributed by atoms with van der Waals surface area (Å²) in [7, 11) is 0. The van der Waals surface area contributed by atoms with Crippen molar-refractivity contribution in [2.24, 2.45) is 0 Å². The van der Waals surface area contributed by atoms with Gasteiger partial charge in [0, 0.05) is 29.7 Å². The first kappa shape index (κ1) is 21.5. The van der Waals surface area contributed by atoms with Gasteiger partial charge in [0.25, 0.3) is 5.91 Å². The van der Waals surface area contributed by atoms with Gasteiger partial charge in [0.05, 0.1) is 15.6 Å². The van der Waals surface area contributed by atoms with E-state index in [1.165, 1.54) is 11.3 Å². The monoisotopic (exact) mass is 465 g/mol. The maximum Gasteiger partial charge on any atom is 0.283 e. The lowest BCUT2D eigenvalue weighted by Gasteiger charge is -2.11. The number of carbonyl (C=O) groups excluding carboxylic acids is 1. The average molecular weight is 466 g/mol. The van der Waals surface area contributed by atoms with E-state index in [9.17, 15) is 9.18 Å². The molecule has 1 amide bonds. The number of nitrogens with zero attached hydrogens (tertiary/aromatic N) is 3. The van der Waals surface area contributed by atoms with E-state index in [-0.39, 0.29) is 5.88 Å². The molecule has 0 bridgehead atoms. The van der Waals surface area contributed by atoms with Gasteiger partial charge in [-0.1, -0.05) is 18.7 Å². The molecule has 3 aromatic heterocycles. The largest absolute Gasteiger partial charge is 0.439 e. The summed E-state index contributed by atoms with van der Waals surface area (Å²) >= 11 is 5.78. The van der Waals surface area contributed by atoms with Gasteiger partial charge in [-0.2, -0.15) is 4.98 Å². The van der Waals surface area contributed by atoms with E-state index in [4.69, 9.17) is 4.74 Å². The Morgan fingerprint density at radius 3 is 2.72 bits per heavy atom. The van der Waals surface area contributed by atoms with Crippen molar-refractivity contribution in [3.8, 4) is 22.2 Å². The van der Waals surface area contributed by atoms with Crippen molar-refractivity contribution in [1.82, 2.24) is 15.0 Å². The standard InChI is InChI=1S/C22H16FN5O2S2/c1-13(23)21(29)25-14-4-2-5-16(10-14)30-19-12-17(18-6-3-9-32-18)27-22(28-19)26-15-7-8-24-20(31)11-15/h2-12H,1H2,(H,25,29)(H2,24,26,27,28,31). The number of aromatic nitrogens is 3. The van der Waals surface area contributed by atoms with Gasteiger partial charge in [-0.3, -0.25) is 9.78 Å². The number of halogens is 1.